The number of rotatable bonds is 2. The lowest BCUT2D eigenvalue weighted by atomic mass is 10.2. The van der Waals surface area contributed by atoms with Gasteiger partial charge in [-0.15, -0.1) is 0 Å². The summed E-state index contributed by atoms with van der Waals surface area (Å²) in [6, 6.07) is 16.4. The third kappa shape index (κ3) is 3.70. The third-order valence-corrected chi connectivity index (χ3v) is 2.53. The van der Waals surface area contributed by atoms with Gasteiger partial charge in [0.25, 0.3) is 0 Å². The van der Waals surface area contributed by atoms with Crippen LogP contribution in [0.15, 0.2) is 54.6 Å². The van der Waals surface area contributed by atoms with Crippen LogP contribution in [0.25, 0.3) is 0 Å². The fraction of sp³-hybridized carbons (Fsp3) is 0.0625. The van der Waals surface area contributed by atoms with E-state index in [0.29, 0.717) is 11.3 Å². The van der Waals surface area contributed by atoms with E-state index in [1.807, 2.05) is 30.3 Å². The van der Waals surface area contributed by atoms with Crippen molar-refractivity contribution in [1.29, 1.82) is 0 Å². The molecule has 2 rings (SSSR count). The Bertz CT molecular complexity index is 624. The molecule has 0 radical (unpaired) electrons. The summed E-state index contributed by atoms with van der Waals surface area (Å²) in [7, 11) is 0. The summed E-state index contributed by atoms with van der Waals surface area (Å²) in [4.78, 5) is 11.7. The number of amides is 1. The summed E-state index contributed by atoms with van der Waals surface area (Å²) in [5.41, 5.74) is 2.03. The quantitative estimate of drug-likeness (QED) is 0.804. The van der Waals surface area contributed by atoms with Crippen LogP contribution in [0.2, 0.25) is 0 Å². The second-order valence-corrected chi connectivity index (χ2v) is 3.89. The Labute approximate surface area is 111 Å². The van der Waals surface area contributed by atoms with Gasteiger partial charge in [-0.1, -0.05) is 42.3 Å². The molecule has 3 heteroatoms. The predicted octanol–water partition coefficient (Wildman–Crippen LogP) is 2.17. The molecule has 1 amide bonds. The van der Waals surface area contributed by atoms with Gasteiger partial charge < -0.3 is 10.4 Å². The zero-order chi connectivity index (χ0) is 13.5. The zero-order valence-electron chi connectivity index (χ0n) is 10.3. The Kier molecular flexibility index (Phi) is 4.33. The molecule has 0 heterocycles. The molecule has 2 N–H and O–H groups in total. The van der Waals surface area contributed by atoms with Crippen molar-refractivity contribution in [3.8, 4) is 11.8 Å². The van der Waals surface area contributed by atoms with Gasteiger partial charge in [0, 0.05) is 22.7 Å². The lowest BCUT2D eigenvalue weighted by Crippen LogP contribution is -2.10. The molecule has 0 saturated carbocycles. The number of para-hydroxylation sites is 1. The van der Waals surface area contributed by atoms with Crippen LogP contribution in [-0.4, -0.2) is 11.0 Å². The summed E-state index contributed by atoms with van der Waals surface area (Å²) in [5.74, 6) is 4.90. The summed E-state index contributed by atoms with van der Waals surface area (Å²) in [5, 5.41) is 11.8. The number of hydrogen-bond donors (Lipinski definition) is 2. The molecular formula is C16H13NO2. The topological polar surface area (TPSA) is 49.3 Å². The number of aliphatic hydroxyl groups excluding tert-OH is 1. The highest BCUT2D eigenvalue weighted by molar-refractivity contribution is 6.04. The van der Waals surface area contributed by atoms with Crippen LogP contribution in [0, 0.1) is 11.8 Å². The maximum absolute atomic E-state index is 11.7. The van der Waals surface area contributed by atoms with Crippen molar-refractivity contribution < 1.29 is 9.90 Å². The Balaban J connectivity index is 2.08. The van der Waals surface area contributed by atoms with Gasteiger partial charge >= 0.3 is 5.91 Å². The molecule has 0 aromatic heterocycles. The molecule has 0 unspecified atom stereocenters. The van der Waals surface area contributed by atoms with Crippen LogP contribution in [0.1, 0.15) is 11.1 Å². The Morgan fingerprint density at radius 2 is 1.74 bits per heavy atom. The first-order chi connectivity index (χ1) is 9.29. The number of carbonyl (C=O) groups excluding carboxylic acids is 1. The minimum absolute atomic E-state index is 0.122. The summed E-state index contributed by atoms with van der Waals surface area (Å²) in [6.07, 6.45) is 0. The van der Waals surface area contributed by atoms with E-state index in [1.165, 1.54) is 0 Å². The monoisotopic (exact) mass is 251 g/mol. The standard InChI is InChI=1S/C16H13NO2/c18-12-14-8-4-5-9-15(14)17-16(19)11-10-13-6-2-1-3-7-13/h1-9,18H,12H2,(H,17,19). The summed E-state index contributed by atoms with van der Waals surface area (Å²) >= 11 is 0. The van der Waals surface area contributed by atoms with Gasteiger partial charge in [-0.05, 0) is 18.2 Å². The largest absolute Gasteiger partial charge is 0.392 e. The fourth-order valence-electron chi connectivity index (χ4n) is 1.58. The smallest absolute Gasteiger partial charge is 0.300 e. The molecule has 0 spiro atoms. The molecule has 0 fully saturated rings. The number of benzene rings is 2. The van der Waals surface area contributed by atoms with Gasteiger partial charge in [-0.3, -0.25) is 4.79 Å². The molecule has 3 nitrogen and oxygen atoms in total. The highest BCUT2D eigenvalue weighted by atomic mass is 16.3. The second kappa shape index (κ2) is 6.39. The van der Waals surface area contributed by atoms with Crippen molar-refractivity contribution >= 4 is 11.6 Å². The predicted molar refractivity (Wildman–Crippen MR) is 74.3 cm³/mol. The SMILES string of the molecule is O=C(C#Cc1ccccc1)Nc1ccccc1CO. The molecule has 0 atom stereocenters. The lowest BCUT2D eigenvalue weighted by molar-refractivity contribution is -0.111. The molecular weight excluding hydrogens is 238 g/mol. The first-order valence-electron chi connectivity index (χ1n) is 5.86. The Morgan fingerprint density at radius 3 is 2.47 bits per heavy atom. The van der Waals surface area contributed by atoms with E-state index in [1.54, 1.807) is 24.3 Å². The van der Waals surface area contributed by atoms with E-state index in [-0.39, 0.29) is 6.61 Å². The number of hydrogen-bond acceptors (Lipinski definition) is 2. The van der Waals surface area contributed by atoms with Crippen LogP contribution in [-0.2, 0) is 11.4 Å². The molecule has 0 saturated heterocycles. The highest BCUT2D eigenvalue weighted by Crippen LogP contribution is 2.14. The minimum Gasteiger partial charge on any atom is -0.392 e. The highest BCUT2D eigenvalue weighted by Gasteiger charge is 2.02. The van der Waals surface area contributed by atoms with Crippen LogP contribution < -0.4 is 5.32 Å². The number of anilines is 1. The van der Waals surface area contributed by atoms with Gasteiger partial charge in [0.05, 0.1) is 6.61 Å². The lowest BCUT2D eigenvalue weighted by Gasteiger charge is -2.05. The summed E-state index contributed by atoms with van der Waals surface area (Å²) in [6.45, 7) is -0.122. The van der Waals surface area contributed by atoms with E-state index in [4.69, 9.17) is 5.11 Å². The van der Waals surface area contributed by atoms with Gasteiger partial charge in [-0.25, -0.2) is 0 Å². The van der Waals surface area contributed by atoms with E-state index in [2.05, 4.69) is 17.2 Å². The maximum atomic E-state index is 11.7. The number of aliphatic hydroxyl groups is 1. The molecule has 94 valence electrons. The maximum Gasteiger partial charge on any atom is 0.300 e. The van der Waals surface area contributed by atoms with Crippen LogP contribution in [0.5, 0.6) is 0 Å². The first-order valence-corrected chi connectivity index (χ1v) is 5.86. The fourth-order valence-corrected chi connectivity index (χ4v) is 1.58. The van der Waals surface area contributed by atoms with Gasteiger partial charge in [-0.2, -0.15) is 0 Å². The zero-order valence-corrected chi connectivity index (χ0v) is 10.3. The van der Waals surface area contributed by atoms with Gasteiger partial charge in [0.1, 0.15) is 0 Å². The number of carbonyl (C=O) groups is 1. The van der Waals surface area contributed by atoms with Gasteiger partial charge in [0.15, 0.2) is 0 Å². The molecule has 0 aliphatic rings. The van der Waals surface area contributed by atoms with Crippen LogP contribution >= 0.6 is 0 Å². The van der Waals surface area contributed by atoms with Crippen LogP contribution in [0.4, 0.5) is 5.69 Å². The Morgan fingerprint density at radius 1 is 1.05 bits per heavy atom. The van der Waals surface area contributed by atoms with Crippen molar-refractivity contribution in [2.75, 3.05) is 5.32 Å². The first kappa shape index (κ1) is 12.9. The second-order valence-electron chi connectivity index (χ2n) is 3.89. The van der Waals surface area contributed by atoms with Crippen molar-refractivity contribution in [1.82, 2.24) is 0 Å². The van der Waals surface area contributed by atoms with Crippen molar-refractivity contribution in [2.45, 2.75) is 6.61 Å². The molecule has 0 aliphatic carbocycles. The third-order valence-electron chi connectivity index (χ3n) is 2.53. The van der Waals surface area contributed by atoms with Crippen LogP contribution in [0.3, 0.4) is 0 Å². The summed E-state index contributed by atoms with van der Waals surface area (Å²) < 4.78 is 0. The minimum atomic E-state index is -0.398. The van der Waals surface area contributed by atoms with Crippen molar-refractivity contribution in [3.05, 3.63) is 65.7 Å². The normalized spacial score (nSPS) is 9.32. The average molecular weight is 251 g/mol. The molecule has 0 aliphatic heterocycles. The van der Waals surface area contributed by atoms with Crippen molar-refractivity contribution in [2.24, 2.45) is 0 Å². The molecule has 19 heavy (non-hydrogen) atoms. The van der Waals surface area contributed by atoms with E-state index >= 15 is 0 Å². The molecule has 2 aromatic rings. The molecule has 0 bridgehead atoms. The van der Waals surface area contributed by atoms with E-state index in [0.717, 1.165) is 5.56 Å². The van der Waals surface area contributed by atoms with E-state index < -0.39 is 5.91 Å². The van der Waals surface area contributed by atoms with Gasteiger partial charge in [0.2, 0.25) is 0 Å². The Hall–Kier alpha value is -2.57. The molecule has 2 aromatic carbocycles. The average Bonchev–Trinajstić information content (AvgIpc) is 2.47. The van der Waals surface area contributed by atoms with Crippen molar-refractivity contribution in [3.63, 3.8) is 0 Å². The van der Waals surface area contributed by atoms with E-state index in [9.17, 15) is 4.79 Å². The number of nitrogens with one attached hydrogen (secondary N) is 1.